The number of nitrogens with one attached hydrogen (secondary N) is 2. The average molecular weight is 475 g/mol. The number of amides is 2. The van der Waals surface area contributed by atoms with E-state index in [9.17, 15) is 30.8 Å². The maximum Gasteiger partial charge on any atom is 0.422 e. The van der Waals surface area contributed by atoms with Crippen LogP contribution in [0.5, 0.6) is 16.8 Å². The Bertz CT molecular complexity index is 992. The Labute approximate surface area is 170 Å². The highest BCUT2D eigenvalue weighted by Gasteiger charge is 2.34. The average Bonchev–Trinajstić information content (AvgIpc) is 3.09. The predicted octanol–water partition coefficient (Wildman–Crippen LogP) is 1.87. The van der Waals surface area contributed by atoms with E-state index < -0.39 is 57.1 Å². The lowest BCUT2D eigenvalue weighted by Gasteiger charge is -2.11. The Morgan fingerprint density at radius 2 is 1.80 bits per heavy atom. The molecule has 2 amide bonds. The van der Waals surface area contributed by atoms with Crippen LogP contribution in [-0.2, 0) is 16.7 Å². The molecule has 2 heterocycles. The quantitative estimate of drug-likeness (QED) is 0.547. The molecule has 2 aromatic heterocycles. The van der Waals surface area contributed by atoms with E-state index in [1.807, 2.05) is 5.32 Å². The van der Waals surface area contributed by atoms with E-state index in [-0.39, 0.29) is 23.3 Å². The van der Waals surface area contributed by atoms with Gasteiger partial charge in [0.1, 0.15) is 12.4 Å². The van der Waals surface area contributed by atoms with Gasteiger partial charge in [-0.15, -0.1) is 0 Å². The molecular formula is C13H13F4N5O6S2. The van der Waals surface area contributed by atoms with Gasteiger partial charge in [0.15, 0.2) is 11.5 Å². The summed E-state index contributed by atoms with van der Waals surface area (Å²) in [5, 5.41) is 1.15. The van der Waals surface area contributed by atoms with Crippen LogP contribution in [-0.4, -0.2) is 55.8 Å². The molecule has 30 heavy (non-hydrogen) atoms. The summed E-state index contributed by atoms with van der Waals surface area (Å²) in [7, 11) is -2.34. The van der Waals surface area contributed by atoms with Crippen molar-refractivity contribution in [2.75, 3.05) is 26.1 Å². The lowest BCUT2D eigenvalue weighted by Crippen LogP contribution is -2.35. The number of nitrogens with zero attached hydrogens (tertiary/aromatic N) is 3. The van der Waals surface area contributed by atoms with Crippen LogP contribution in [0.15, 0.2) is 11.0 Å². The van der Waals surface area contributed by atoms with E-state index in [2.05, 4.69) is 19.1 Å². The monoisotopic (exact) mass is 475 g/mol. The van der Waals surface area contributed by atoms with Crippen LogP contribution in [0, 0.1) is 0 Å². The van der Waals surface area contributed by atoms with Crippen LogP contribution in [0.25, 0.3) is 0 Å². The zero-order valence-electron chi connectivity index (χ0n) is 15.1. The summed E-state index contributed by atoms with van der Waals surface area (Å²) in [4.78, 5) is 18.5. The van der Waals surface area contributed by atoms with E-state index in [0.717, 1.165) is 0 Å². The maximum absolute atomic E-state index is 13.1. The number of alkyl halides is 4. The minimum absolute atomic E-state index is 0.0235. The van der Waals surface area contributed by atoms with E-state index in [1.54, 1.807) is 0 Å². The van der Waals surface area contributed by atoms with Crippen molar-refractivity contribution in [1.29, 1.82) is 0 Å². The summed E-state index contributed by atoms with van der Waals surface area (Å²) in [6, 6.07) is -0.127. The van der Waals surface area contributed by atoms with Crippen LogP contribution < -0.4 is 24.2 Å². The molecule has 0 bridgehead atoms. The molecule has 0 aliphatic rings. The smallest absolute Gasteiger partial charge is 0.422 e. The lowest BCUT2D eigenvalue weighted by molar-refractivity contribution is -0.153. The number of urea groups is 1. The summed E-state index contributed by atoms with van der Waals surface area (Å²) in [5.74, 6) is -0.462. The molecule has 0 saturated heterocycles. The second kappa shape index (κ2) is 9.24. The predicted molar refractivity (Wildman–Crippen MR) is 93.0 cm³/mol. The number of hydrogen-bond donors (Lipinski definition) is 2. The number of carbonyl (C=O) groups excluding carboxylic acids is 1. The molecule has 0 aliphatic carbocycles. The first-order chi connectivity index (χ1) is 14.0. The van der Waals surface area contributed by atoms with Gasteiger partial charge in [0, 0.05) is 11.5 Å². The molecule has 0 radical (unpaired) electrons. The molecule has 2 N–H and O–H groups in total. The van der Waals surface area contributed by atoms with Gasteiger partial charge in [-0.25, -0.2) is 22.3 Å². The fourth-order valence-corrected chi connectivity index (χ4v) is 4.09. The van der Waals surface area contributed by atoms with Crippen molar-refractivity contribution in [3.63, 3.8) is 0 Å². The van der Waals surface area contributed by atoms with Crippen molar-refractivity contribution < 1.29 is 45.0 Å². The number of aromatic nitrogens is 3. The lowest BCUT2D eigenvalue weighted by atomic mass is 10.5. The number of methoxy groups -OCH3 is 2. The summed E-state index contributed by atoms with van der Waals surface area (Å²) >= 11 is 0.188. The minimum Gasteiger partial charge on any atom is -0.481 e. The van der Waals surface area contributed by atoms with Crippen LogP contribution in [0.4, 0.5) is 28.3 Å². The zero-order chi connectivity index (χ0) is 22.5. The minimum atomic E-state index is -4.87. The number of ether oxygens (including phenoxy) is 3. The third kappa shape index (κ3) is 6.02. The number of sulfonamides is 1. The fourth-order valence-electron chi connectivity index (χ4n) is 1.86. The summed E-state index contributed by atoms with van der Waals surface area (Å²) < 4.78 is 94.0. The highest BCUT2D eigenvalue weighted by atomic mass is 32.2. The standard InChI is InChI=1S/C13H13F4N5O6S2/c1-26-7-3-8(27-2)19-11(18-7)20-12(23)22-30(24,25)9-6(4-14)21-29-10(9)28-5-13(15,16)17/h3H,4-5H2,1-2H3,(H2,18,19,20,22,23). The van der Waals surface area contributed by atoms with Gasteiger partial charge < -0.3 is 14.2 Å². The number of anilines is 1. The van der Waals surface area contributed by atoms with Gasteiger partial charge in [-0.05, 0) is 0 Å². The summed E-state index contributed by atoms with van der Waals surface area (Å²) in [6.45, 7) is -3.27. The first-order valence-corrected chi connectivity index (χ1v) is 9.79. The van der Waals surface area contributed by atoms with Crippen LogP contribution >= 0.6 is 11.5 Å². The molecule has 0 fully saturated rings. The number of hydrogen-bond acceptors (Lipinski definition) is 10. The Balaban J connectivity index is 2.24. The van der Waals surface area contributed by atoms with Crippen molar-refractivity contribution in [2.24, 2.45) is 0 Å². The molecule has 0 aliphatic heterocycles. The van der Waals surface area contributed by atoms with Crippen molar-refractivity contribution in [1.82, 2.24) is 19.1 Å². The molecule has 0 spiro atoms. The third-order valence-corrected chi connectivity index (χ3v) is 5.34. The summed E-state index contributed by atoms with van der Waals surface area (Å²) in [5.41, 5.74) is -0.725. The molecule has 0 saturated carbocycles. The number of carbonyl (C=O) groups is 1. The van der Waals surface area contributed by atoms with Gasteiger partial charge in [-0.2, -0.15) is 27.5 Å². The fraction of sp³-hybridized carbons (Fsp3) is 0.385. The molecule has 17 heteroatoms. The van der Waals surface area contributed by atoms with Gasteiger partial charge in [0.05, 0.1) is 20.3 Å². The Hall–Kier alpha value is -2.95. The normalized spacial score (nSPS) is 11.7. The number of rotatable bonds is 8. The molecule has 11 nitrogen and oxygen atoms in total. The topological polar surface area (TPSA) is 142 Å². The second-order valence-corrected chi connectivity index (χ2v) is 7.47. The van der Waals surface area contributed by atoms with E-state index in [1.165, 1.54) is 25.0 Å². The van der Waals surface area contributed by atoms with E-state index >= 15 is 0 Å². The van der Waals surface area contributed by atoms with Crippen LogP contribution in [0.3, 0.4) is 0 Å². The highest BCUT2D eigenvalue weighted by Crippen LogP contribution is 2.33. The van der Waals surface area contributed by atoms with Crippen molar-refractivity contribution in [3.8, 4) is 16.8 Å². The van der Waals surface area contributed by atoms with E-state index in [0.29, 0.717) is 0 Å². The molecule has 166 valence electrons. The van der Waals surface area contributed by atoms with Gasteiger partial charge in [0.25, 0.3) is 10.0 Å². The molecule has 0 unspecified atom stereocenters. The van der Waals surface area contributed by atoms with Crippen LogP contribution in [0.2, 0.25) is 0 Å². The summed E-state index contributed by atoms with van der Waals surface area (Å²) in [6.07, 6.45) is -4.78. The van der Waals surface area contributed by atoms with Crippen LogP contribution in [0.1, 0.15) is 5.69 Å². The first kappa shape index (κ1) is 23.3. The molecule has 0 aromatic carbocycles. The second-order valence-electron chi connectivity index (χ2n) is 5.12. The Kier molecular flexibility index (Phi) is 7.19. The molecule has 2 aromatic rings. The zero-order valence-corrected chi connectivity index (χ0v) is 16.7. The SMILES string of the molecule is COc1cc(OC)nc(NC(=O)NS(=O)(=O)c2c(CF)nsc2OCC(F)(F)F)n1. The highest BCUT2D eigenvalue weighted by molar-refractivity contribution is 7.90. The van der Waals surface area contributed by atoms with Crippen molar-refractivity contribution >= 4 is 33.5 Å². The van der Waals surface area contributed by atoms with Crippen molar-refractivity contribution in [3.05, 3.63) is 11.8 Å². The van der Waals surface area contributed by atoms with Crippen molar-refractivity contribution in [2.45, 2.75) is 17.7 Å². The third-order valence-electron chi connectivity index (χ3n) is 3.00. The molecule has 2 rings (SSSR count). The van der Waals surface area contributed by atoms with Gasteiger partial charge >= 0.3 is 12.2 Å². The Morgan fingerprint density at radius 3 is 2.30 bits per heavy atom. The molecule has 0 atom stereocenters. The molecular weight excluding hydrogens is 462 g/mol. The first-order valence-electron chi connectivity index (χ1n) is 7.54. The van der Waals surface area contributed by atoms with E-state index in [4.69, 9.17) is 9.47 Å². The van der Waals surface area contributed by atoms with Gasteiger partial charge in [-0.3, -0.25) is 5.32 Å². The Morgan fingerprint density at radius 1 is 1.20 bits per heavy atom. The largest absolute Gasteiger partial charge is 0.481 e. The maximum atomic E-state index is 13.1. The van der Waals surface area contributed by atoms with Gasteiger partial charge in [-0.1, -0.05) is 0 Å². The van der Waals surface area contributed by atoms with Gasteiger partial charge in [0.2, 0.25) is 22.8 Å². The number of halogens is 4.